The summed E-state index contributed by atoms with van der Waals surface area (Å²) in [7, 11) is 0. The fourth-order valence-corrected chi connectivity index (χ4v) is 4.84. The van der Waals surface area contributed by atoms with Crippen molar-refractivity contribution in [1.29, 1.82) is 0 Å². The van der Waals surface area contributed by atoms with Gasteiger partial charge in [0.05, 0.1) is 11.3 Å². The number of alkyl halides is 3. The van der Waals surface area contributed by atoms with E-state index < -0.39 is 11.7 Å². The van der Waals surface area contributed by atoms with Gasteiger partial charge in [-0.05, 0) is 59.7 Å². The maximum Gasteiger partial charge on any atom is 0.416 e. The first-order valence-electron chi connectivity index (χ1n) is 11.8. The second-order valence-electron chi connectivity index (χ2n) is 8.42. The van der Waals surface area contributed by atoms with Crippen LogP contribution in [0.15, 0.2) is 103 Å². The minimum atomic E-state index is -4.51. The quantitative estimate of drug-likeness (QED) is 0.242. The maximum absolute atomic E-state index is 13.5. The Morgan fingerprint density at radius 2 is 1.72 bits per heavy atom. The second-order valence-corrected chi connectivity index (χ2v) is 9.36. The lowest BCUT2D eigenvalue weighted by Gasteiger charge is -2.14. The van der Waals surface area contributed by atoms with Crippen LogP contribution in [0.1, 0.15) is 27.0 Å². The number of hydrogen-bond donors (Lipinski definition) is 1. The highest BCUT2D eigenvalue weighted by Gasteiger charge is 2.31. The van der Waals surface area contributed by atoms with E-state index >= 15 is 0 Å². The van der Waals surface area contributed by atoms with Crippen molar-refractivity contribution in [3.63, 3.8) is 0 Å². The summed E-state index contributed by atoms with van der Waals surface area (Å²) in [5.41, 5.74) is 2.25. The third-order valence-electron chi connectivity index (χ3n) is 5.81. The SMILES string of the molecule is O=C(NCc1ccncc1)c1ccccc1CSc1nnc(-c2cccnc2)n1-c1cccc(C(F)(F)F)c1. The molecule has 0 aliphatic rings. The van der Waals surface area contributed by atoms with Crippen LogP contribution in [0.25, 0.3) is 17.1 Å². The molecule has 5 rings (SSSR count). The fraction of sp³-hybridized carbons (Fsp3) is 0.107. The van der Waals surface area contributed by atoms with E-state index in [0.29, 0.717) is 34.4 Å². The fourth-order valence-electron chi connectivity index (χ4n) is 3.89. The van der Waals surface area contributed by atoms with E-state index in [9.17, 15) is 18.0 Å². The number of nitrogens with one attached hydrogen (secondary N) is 1. The van der Waals surface area contributed by atoms with Crippen LogP contribution in [-0.4, -0.2) is 30.6 Å². The molecule has 3 aromatic heterocycles. The van der Waals surface area contributed by atoms with E-state index in [-0.39, 0.29) is 11.6 Å². The summed E-state index contributed by atoms with van der Waals surface area (Å²) in [6, 6.07) is 19.3. The highest BCUT2D eigenvalue weighted by Crippen LogP contribution is 2.34. The van der Waals surface area contributed by atoms with E-state index in [1.165, 1.54) is 17.8 Å². The maximum atomic E-state index is 13.5. The molecule has 2 aromatic carbocycles. The largest absolute Gasteiger partial charge is 0.416 e. The van der Waals surface area contributed by atoms with Crippen LogP contribution in [0, 0.1) is 0 Å². The topological polar surface area (TPSA) is 85.6 Å². The van der Waals surface area contributed by atoms with Crippen molar-refractivity contribution in [2.75, 3.05) is 0 Å². The molecule has 3 heterocycles. The zero-order valence-corrected chi connectivity index (χ0v) is 21.2. The Morgan fingerprint density at radius 3 is 2.49 bits per heavy atom. The summed E-state index contributed by atoms with van der Waals surface area (Å²) >= 11 is 1.27. The van der Waals surface area contributed by atoms with Gasteiger partial charge in [-0.1, -0.05) is 36.0 Å². The molecule has 0 atom stereocenters. The Labute approximate surface area is 226 Å². The highest BCUT2D eigenvalue weighted by atomic mass is 32.2. The van der Waals surface area contributed by atoms with Crippen molar-refractivity contribution in [3.8, 4) is 17.1 Å². The minimum absolute atomic E-state index is 0.238. The molecule has 1 amide bonds. The van der Waals surface area contributed by atoms with Gasteiger partial charge in [0.2, 0.25) is 0 Å². The third-order valence-corrected chi connectivity index (χ3v) is 6.78. The van der Waals surface area contributed by atoms with E-state index in [1.54, 1.807) is 59.7 Å². The first kappa shape index (κ1) is 26.1. The molecule has 0 spiro atoms. The second kappa shape index (κ2) is 11.5. The number of carbonyl (C=O) groups excluding carboxylic acids is 1. The molecule has 0 aliphatic carbocycles. The van der Waals surface area contributed by atoms with Crippen molar-refractivity contribution in [3.05, 3.63) is 120 Å². The Morgan fingerprint density at radius 1 is 0.897 bits per heavy atom. The minimum Gasteiger partial charge on any atom is -0.348 e. The summed E-state index contributed by atoms with van der Waals surface area (Å²) in [6.45, 7) is 0.348. The van der Waals surface area contributed by atoms with Gasteiger partial charge < -0.3 is 5.32 Å². The Kier molecular flexibility index (Phi) is 7.69. The van der Waals surface area contributed by atoms with Gasteiger partial charge >= 0.3 is 6.18 Å². The summed E-state index contributed by atoms with van der Waals surface area (Å²) in [4.78, 5) is 21.1. The monoisotopic (exact) mass is 546 g/mol. The summed E-state index contributed by atoms with van der Waals surface area (Å²) in [6.07, 6.45) is 1.99. The van der Waals surface area contributed by atoms with Crippen LogP contribution in [-0.2, 0) is 18.5 Å². The van der Waals surface area contributed by atoms with Gasteiger partial charge in [-0.15, -0.1) is 10.2 Å². The van der Waals surface area contributed by atoms with Crippen LogP contribution in [0.4, 0.5) is 13.2 Å². The molecule has 5 aromatic rings. The number of benzene rings is 2. The Bertz CT molecular complexity index is 1580. The van der Waals surface area contributed by atoms with Crippen molar-refractivity contribution in [2.24, 2.45) is 0 Å². The number of nitrogens with zero attached hydrogens (tertiary/aromatic N) is 5. The molecule has 196 valence electrons. The van der Waals surface area contributed by atoms with Crippen LogP contribution < -0.4 is 5.32 Å². The third kappa shape index (κ3) is 6.15. The number of thioether (sulfide) groups is 1. The number of halogens is 3. The van der Waals surface area contributed by atoms with Gasteiger partial charge in [-0.2, -0.15) is 13.2 Å². The van der Waals surface area contributed by atoms with Crippen LogP contribution in [0.3, 0.4) is 0 Å². The predicted molar refractivity (Wildman–Crippen MR) is 141 cm³/mol. The molecule has 11 heteroatoms. The molecule has 7 nitrogen and oxygen atoms in total. The van der Waals surface area contributed by atoms with E-state index in [2.05, 4.69) is 25.5 Å². The molecule has 0 aliphatic heterocycles. The lowest BCUT2D eigenvalue weighted by Crippen LogP contribution is -2.23. The van der Waals surface area contributed by atoms with Gasteiger partial charge in [0.25, 0.3) is 5.91 Å². The molecular formula is C28H21F3N6OS. The Hall–Kier alpha value is -4.51. The molecule has 0 saturated heterocycles. The number of rotatable bonds is 8. The van der Waals surface area contributed by atoms with Gasteiger partial charge in [0, 0.05) is 48.2 Å². The number of hydrogen-bond acceptors (Lipinski definition) is 6. The van der Waals surface area contributed by atoms with Crippen molar-refractivity contribution in [1.82, 2.24) is 30.0 Å². The molecule has 0 unspecified atom stereocenters. The molecule has 0 bridgehead atoms. The van der Waals surface area contributed by atoms with E-state index in [0.717, 1.165) is 23.3 Å². The molecule has 0 fully saturated rings. The van der Waals surface area contributed by atoms with Crippen molar-refractivity contribution in [2.45, 2.75) is 23.6 Å². The Balaban J connectivity index is 1.44. The van der Waals surface area contributed by atoms with Crippen LogP contribution >= 0.6 is 11.8 Å². The highest BCUT2D eigenvalue weighted by molar-refractivity contribution is 7.98. The van der Waals surface area contributed by atoms with Crippen molar-refractivity contribution < 1.29 is 18.0 Å². The zero-order chi connectivity index (χ0) is 27.2. The van der Waals surface area contributed by atoms with Crippen LogP contribution in [0.2, 0.25) is 0 Å². The number of aromatic nitrogens is 5. The van der Waals surface area contributed by atoms with Gasteiger partial charge in [0.1, 0.15) is 0 Å². The number of amides is 1. The molecule has 0 saturated carbocycles. The summed E-state index contributed by atoms with van der Waals surface area (Å²) < 4.78 is 42.1. The summed E-state index contributed by atoms with van der Waals surface area (Å²) in [5, 5.41) is 11.9. The first-order valence-corrected chi connectivity index (χ1v) is 12.8. The number of pyridine rings is 2. The van der Waals surface area contributed by atoms with Gasteiger partial charge in [0.15, 0.2) is 11.0 Å². The lowest BCUT2D eigenvalue weighted by atomic mass is 10.1. The normalized spacial score (nSPS) is 11.4. The molecule has 0 radical (unpaired) electrons. The average molecular weight is 547 g/mol. The van der Waals surface area contributed by atoms with Crippen LogP contribution in [0.5, 0.6) is 0 Å². The molecule has 1 N–H and O–H groups in total. The van der Waals surface area contributed by atoms with E-state index in [1.807, 2.05) is 24.3 Å². The van der Waals surface area contributed by atoms with Gasteiger partial charge in [-0.3, -0.25) is 19.3 Å². The first-order chi connectivity index (χ1) is 18.9. The smallest absolute Gasteiger partial charge is 0.348 e. The van der Waals surface area contributed by atoms with E-state index in [4.69, 9.17) is 0 Å². The van der Waals surface area contributed by atoms with Crippen molar-refractivity contribution >= 4 is 17.7 Å². The standard InChI is InChI=1S/C28H21F3N6OS/c29-28(30,31)22-7-3-8-23(15-22)37-25(20-6-4-12-33-17-20)35-36-27(37)39-18-21-5-1-2-9-24(21)26(38)34-16-19-10-13-32-14-11-19/h1-15,17H,16,18H2,(H,34,38). The average Bonchev–Trinajstić information content (AvgIpc) is 3.39. The number of carbonyl (C=O) groups is 1. The predicted octanol–water partition coefficient (Wildman–Crippen LogP) is 5.97. The zero-order valence-electron chi connectivity index (χ0n) is 20.3. The molecular weight excluding hydrogens is 525 g/mol. The lowest BCUT2D eigenvalue weighted by molar-refractivity contribution is -0.137. The molecule has 39 heavy (non-hydrogen) atoms. The van der Waals surface area contributed by atoms with Gasteiger partial charge in [-0.25, -0.2) is 0 Å². The summed E-state index contributed by atoms with van der Waals surface area (Å²) in [5.74, 6) is 0.454.